The fourth-order valence-corrected chi connectivity index (χ4v) is 5.17. The van der Waals surface area contributed by atoms with E-state index in [1.54, 1.807) is 18.2 Å². The first kappa shape index (κ1) is 26.6. The largest absolute Gasteiger partial charge is 0.508 e. The summed E-state index contributed by atoms with van der Waals surface area (Å²) in [5.74, 6) is -1.64. The number of phenols is 1. The zero-order valence-corrected chi connectivity index (χ0v) is 19.7. The molecule has 36 heavy (non-hydrogen) atoms. The Morgan fingerprint density at radius 2 is 1.78 bits per heavy atom. The smallest absolute Gasteiger partial charge is 0.331 e. The van der Waals surface area contributed by atoms with Crippen LogP contribution in [-0.4, -0.2) is 92.9 Å². The molecule has 0 radical (unpaired) electrons. The average molecular weight is 509 g/mol. The van der Waals surface area contributed by atoms with Crippen LogP contribution in [0.4, 0.5) is 0 Å². The van der Waals surface area contributed by atoms with Crippen molar-refractivity contribution in [2.45, 2.75) is 56.4 Å². The number of aliphatic hydroxyl groups excluding tert-OH is 5. The first-order chi connectivity index (χ1) is 17.2. The van der Waals surface area contributed by atoms with Crippen molar-refractivity contribution in [1.29, 1.82) is 0 Å². The summed E-state index contributed by atoms with van der Waals surface area (Å²) in [7, 11) is 0. The molecule has 1 saturated carbocycles. The monoisotopic (exact) mass is 508 g/mol. The molecule has 0 bridgehead atoms. The third-order valence-electron chi connectivity index (χ3n) is 7.05. The highest BCUT2D eigenvalue weighted by atomic mass is 16.8. The molecule has 0 aromatic heterocycles. The summed E-state index contributed by atoms with van der Waals surface area (Å²) in [6, 6.07) is 6.31. The number of hydrogen-bond donors (Lipinski definition) is 6. The molecule has 1 aliphatic carbocycles. The van der Waals surface area contributed by atoms with Gasteiger partial charge in [-0.1, -0.05) is 12.1 Å². The minimum absolute atomic E-state index is 0.115. The molecule has 1 saturated heterocycles. The van der Waals surface area contributed by atoms with Crippen molar-refractivity contribution in [3.8, 4) is 5.75 Å². The lowest BCUT2D eigenvalue weighted by Gasteiger charge is -2.43. The number of hydrogen-bond acceptors (Lipinski definition) is 11. The number of aliphatic hydroxyl groups is 5. The summed E-state index contributed by atoms with van der Waals surface area (Å²) in [6.45, 7) is 0.981. The van der Waals surface area contributed by atoms with Gasteiger partial charge in [0.05, 0.1) is 12.9 Å². The molecule has 3 aliphatic rings. The van der Waals surface area contributed by atoms with Crippen LogP contribution < -0.4 is 0 Å². The molecule has 0 amide bonds. The van der Waals surface area contributed by atoms with Crippen LogP contribution in [0.15, 0.2) is 42.2 Å². The van der Waals surface area contributed by atoms with Gasteiger partial charge in [-0.2, -0.15) is 0 Å². The molecular formula is C25H32O11. The maximum atomic E-state index is 12.6. The van der Waals surface area contributed by atoms with Gasteiger partial charge in [0, 0.05) is 24.5 Å². The van der Waals surface area contributed by atoms with Gasteiger partial charge in [0.25, 0.3) is 0 Å². The van der Waals surface area contributed by atoms with Crippen molar-refractivity contribution in [2.24, 2.45) is 17.8 Å². The van der Waals surface area contributed by atoms with Crippen LogP contribution in [0.3, 0.4) is 0 Å². The molecule has 10 atom stereocenters. The fraction of sp³-hybridized carbons (Fsp3) is 0.560. The second-order valence-corrected chi connectivity index (χ2v) is 9.38. The highest BCUT2D eigenvalue weighted by molar-refractivity contribution is 5.87. The van der Waals surface area contributed by atoms with Gasteiger partial charge in [-0.3, -0.25) is 0 Å². The summed E-state index contributed by atoms with van der Waals surface area (Å²) < 4.78 is 22.7. The van der Waals surface area contributed by atoms with Crippen LogP contribution in [0.5, 0.6) is 5.75 Å². The second-order valence-electron chi connectivity index (χ2n) is 9.38. The molecule has 2 fully saturated rings. The normalized spacial score (nSPS) is 38.3. The Balaban J connectivity index is 1.47. The van der Waals surface area contributed by atoms with E-state index in [-0.39, 0.29) is 24.2 Å². The molecule has 1 aromatic carbocycles. The Morgan fingerprint density at radius 3 is 2.44 bits per heavy atom. The number of carbonyl (C=O) groups excluding carboxylic acids is 1. The number of carbonyl (C=O) groups is 1. The molecule has 11 heteroatoms. The van der Waals surface area contributed by atoms with Crippen molar-refractivity contribution < 1.29 is 54.4 Å². The van der Waals surface area contributed by atoms with E-state index in [0.29, 0.717) is 12.0 Å². The van der Waals surface area contributed by atoms with Crippen molar-refractivity contribution in [1.82, 2.24) is 0 Å². The average Bonchev–Trinajstić information content (AvgIpc) is 3.24. The number of aromatic hydroxyl groups is 1. The zero-order valence-electron chi connectivity index (χ0n) is 19.7. The molecule has 0 spiro atoms. The summed E-state index contributed by atoms with van der Waals surface area (Å²) in [5.41, 5.74) is 1.49. The predicted octanol–water partition coefficient (Wildman–Crippen LogP) is -0.362. The SMILES string of the molecule is CC1=CO[C@@H](O[C@@H]2O[C@@H](CO)[C@@H](O)[C@@H](O)[C@H]2O)[C@@H]2[C@@H](CO)C[C@@H](OC(=O)C=Cc3ccc(O)cc3)[C@H]12. The number of ether oxygens (including phenoxy) is 4. The quantitative estimate of drug-likeness (QED) is 0.209. The number of fused-ring (bicyclic) bond motifs is 1. The van der Waals surface area contributed by atoms with E-state index >= 15 is 0 Å². The lowest BCUT2D eigenvalue weighted by atomic mass is 9.83. The van der Waals surface area contributed by atoms with Crippen LogP contribution in [0, 0.1) is 17.8 Å². The first-order valence-electron chi connectivity index (χ1n) is 11.8. The van der Waals surface area contributed by atoms with Crippen molar-refractivity contribution in [2.75, 3.05) is 13.2 Å². The standard InChI is InChI=1S/C25H32O11/c1-12-11-33-24(36-25-23(32)22(31)21(30)17(10-27)35-25)20-14(9-26)8-16(19(12)20)34-18(29)7-4-13-2-5-15(28)6-3-13/h2-7,11,14,16-17,19-28,30-32H,8-10H2,1H3/t14-,16-,17+,19+,20-,21-,22-,23-,24+,25+/m1/s1. The van der Waals surface area contributed by atoms with E-state index in [1.165, 1.54) is 24.5 Å². The van der Waals surface area contributed by atoms with Crippen LogP contribution in [0.1, 0.15) is 18.9 Å². The number of benzene rings is 1. The molecule has 11 nitrogen and oxygen atoms in total. The summed E-state index contributed by atoms with van der Waals surface area (Å²) >= 11 is 0. The Hall–Kier alpha value is -2.51. The van der Waals surface area contributed by atoms with Crippen molar-refractivity contribution in [3.63, 3.8) is 0 Å². The van der Waals surface area contributed by atoms with Crippen molar-refractivity contribution in [3.05, 3.63) is 47.7 Å². The number of rotatable bonds is 7. The van der Waals surface area contributed by atoms with Gasteiger partial charge in [-0.05, 0) is 48.6 Å². The Morgan fingerprint density at radius 1 is 1.06 bits per heavy atom. The first-order valence-corrected chi connectivity index (χ1v) is 11.8. The number of phenolic OH excluding ortho intramolecular Hbond substituents is 1. The van der Waals surface area contributed by atoms with Gasteiger partial charge in [-0.15, -0.1) is 0 Å². The van der Waals surface area contributed by atoms with E-state index < -0.39 is 61.6 Å². The van der Waals surface area contributed by atoms with Gasteiger partial charge in [0.15, 0.2) is 6.29 Å². The molecule has 1 aromatic rings. The number of esters is 1. The fourth-order valence-electron chi connectivity index (χ4n) is 5.17. The molecule has 2 aliphatic heterocycles. The van der Waals surface area contributed by atoms with Gasteiger partial charge < -0.3 is 49.6 Å². The van der Waals surface area contributed by atoms with Crippen molar-refractivity contribution >= 4 is 12.0 Å². The molecule has 4 rings (SSSR count). The summed E-state index contributed by atoms with van der Waals surface area (Å²) in [5, 5.41) is 59.3. The summed E-state index contributed by atoms with van der Waals surface area (Å²) in [6.07, 6.45) is -4.24. The Kier molecular flexibility index (Phi) is 8.30. The minimum atomic E-state index is -1.61. The van der Waals surface area contributed by atoms with E-state index in [2.05, 4.69) is 0 Å². The van der Waals surface area contributed by atoms with Gasteiger partial charge in [-0.25, -0.2) is 4.79 Å². The Labute approximate surface area is 207 Å². The maximum Gasteiger partial charge on any atom is 0.331 e. The van der Waals surface area contributed by atoms with Crippen LogP contribution in [0.2, 0.25) is 0 Å². The zero-order chi connectivity index (χ0) is 26.0. The highest BCUT2D eigenvalue weighted by Gasteiger charge is 2.54. The molecule has 198 valence electrons. The second kappa shape index (κ2) is 11.3. The molecule has 0 unspecified atom stereocenters. The van der Waals surface area contributed by atoms with E-state index in [0.717, 1.165) is 5.57 Å². The summed E-state index contributed by atoms with van der Waals surface area (Å²) in [4.78, 5) is 12.6. The highest BCUT2D eigenvalue weighted by Crippen LogP contribution is 2.48. The van der Waals surface area contributed by atoms with Crippen LogP contribution in [0.25, 0.3) is 6.08 Å². The van der Waals surface area contributed by atoms with Crippen LogP contribution in [-0.2, 0) is 23.7 Å². The topological polar surface area (TPSA) is 175 Å². The molecule has 6 N–H and O–H groups in total. The minimum Gasteiger partial charge on any atom is -0.508 e. The molecular weight excluding hydrogens is 476 g/mol. The van der Waals surface area contributed by atoms with Gasteiger partial charge in [0.2, 0.25) is 6.29 Å². The van der Waals surface area contributed by atoms with Crippen LogP contribution >= 0.6 is 0 Å². The van der Waals surface area contributed by atoms with Gasteiger partial charge >= 0.3 is 5.97 Å². The van der Waals surface area contributed by atoms with E-state index in [9.17, 15) is 35.4 Å². The third kappa shape index (κ3) is 5.42. The predicted molar refractivity (Wildman–Crippen MR) is 123 cm³/mol. The third-order valence-corrected chi connectivity index (χ3v) is 7.05. The van der Waals surface area contributed by atoms with Gasteiger partial charge in [0.1, 0.15) is 36.3 Å². The lowest BCUT2D eigenvalue weighted by molar-refractivity contribution is -0.343. The van der Waals surface area contributed by atoms with E-state index in [4.69, 9.17) is 18.9 Å². The molecule has 2 heterocycles. The Bertz CT molecular complexity index is 959. The maximum absolute atomic E-state index is 12.6. The van der Waals surface area contributed by atoms with E-state index in [1.807, 2.05) is 6.92 Å². The lowest BCUT2D eigenvalue weighted by Crippen LogP contribution is -2.60.